The van der Waals surface area contributed by atoms with E-state index < -0.39 is 0 Å². The summed E-state index contributed by atoms with van der Waals surface area (Å²) >= 11 is 6.28. The van der Waals surface area contributed by atoms with Gasteiger partial charge < -0.3 is 4.90 Å². The van der Waals surface area contributed by atoms with Crippen LogP contribution in [0.25, 0.3) is 0 Å². The highest BCUT2D eigenvalue weighted by molar-refractivity contribution is 6.33. The van der Waals surface area contributed by atoms with Gasteiger partial charge in [-0.05, 0) is 36.8 Å². The molecule has 1 aliphatic carbocycles. The Bertz CT molecular complexity index is 466. The highest BCUT2D eigenvalue weighted by Crippen LogP contribution is 2.47. The zero-order valence-corrected chi connectivity index (χ0v) is 11.2. The van der Waals surface area contributed by atoms with Crippen molar-refractivity contribution in [2.45, 2.75) is 32.1 Å². The molecule has 0 unspecified atom stereocenters. The Balaban J connectivity index is 1.90. The average Bonchev–Trinajstić information content (AvgIpc) is 3.00. The summed E-state index contributed by atoms with van der Waals surface area (Å²) in [6, 6.07) is 5.58. The van der Waals surface area contributed by atoms with E-state index in [4.69, 9.17) is 11.6 Å². The molecule has 18 heavy (non-hydrogen) atoms. The van der Waals surface area contributed by atoms with Crippen LogP contribution in [-0.4, -0.2) is 19.4 Å². The van der Waals surface area contributed by atoms with Crippen molar-refractivity contribution in [1.82, 2.24) is 0 Å². The standard InChI is InChI=1S/C15H18ClNO/c16-13-5-3-4-12(10-18)14(13)17-9-8-15(11-17)6-1-2-7-15/h3-5,10H,1-2,6-9,11H2. The Morgan fingerprint density at radius 2 is 2.00 bits per heavy atom. The molecular formula is C15H18ClNO. The summed E-state index contributed by atoms with van der Waals surface area (Å²) in [4.78, 5) is 13.5. The van der Waals surface area contributed by atoms with Crippen LogP contribution < -0.4 is 4.90 Å². The molecule has 2 aliphatic rings. The summed E-state index contributed by atoms with van der Waals surface area (Å²) in [7, 11) is 0. The molecule has 1 heterocycles. The fourth-order valence-electron chi connectivity index (χ4n) is 3.62. The van der Waals surface area contributed by atoms with Crippen LogP contribution in [-0.2, 0) is 0 Å². The SMILES string of the molecule is O=Cc1cccc(Cl)c1N1CCC2(CCCC2)C1. The summed E-state index contributed by atoms with van der Waals surface area (Å²) in [5.41, 5.74) is 2.16. The summed E-state index contributed by atoms with van der Waals surface area (Å²) in [6.07, 6.45) is 7.56. The third-order valence-corrected chi connectivity index (χ3v) is 4.87. The van der Waals surface area contributed by atoms with E-state index in [2.05, 4.69) is 4.90 Å². The van der Waals surface area contributed by atoms with Gasteiger partial charge in [0, 0.05) is 18.7 Å². The minimum atomic E-state index is 0.499. The second kappa shape index (κ2) is 4.58. The van der Waals surface area contributed by atoms with E-state index in [-0.39, 0.29) is 0 Å². The molecule has 1 aliphatic heterocycles. The lowest BCUT2D eigenvalue weighted by Gasteiger charge is -2.26. The van der Waals surface area contributed by atoms with Crippen molar-refractivity contribution in [3.63, 3.8) is 0 Å². The number of hydrogen-bond donors (Lipinski definition) is 0. The molecule has 1 saturated carbocycles. The Hall–Kier alpha value is -1.02. The molecule has 0 N–H and O–H groups in total. The van der Waals surface area contributed by atoms with Crippen LogP contribution >= 0.6 is 11.6 Å². The monoisotopic (exact) mass is 263 g/mol. The number of rotatable bonds is 2. The van der Waals surface area contributed by atoms with Crippen molar-refractivity contribution in [3.8, 4) is 0 Å². The summed E-state index contributed by atoms with van der Waals surface area (Å²) in [5.74, 6) is 0. The van der Waals surface area contributed by atoms with Gasteiger partial charge in [0.25, 0.3) is 0 Å². The largest absolute Gasteiger partial charge is 0.369 e. The molecule has 1 saturated heterocycles. The Morgan fingerprint density at radius 1 is 1.22 bits per heavy atom. The van der Waals surface area contributed by atoms with E-state index in [1.807, 2.05) is 18.2 Å². The molecular weight excluding hydrogens is 246 g/mol. The van der Waals surface area contributed by atoms with Crippen LogP contribution in [0.5, 0.6) is 0 Å². The Morgan fingerprint density at radius 3 is 2.72 bits per heavy atom. The second-order valence-electron chi connectivity index (χ2n) is 5.67. The van der Waals surface area contributed by atoms with Crippen molar-refractivity contribution in [2.24, 2.45) is 5.41 Å². The summed E-state index contributed by atoms with van der Waals surface area (Å²) < 4.78 is 0. The highest BCUT2D eigenvalue weighted by atomic mass is 35.5. The van der Waals surface area contributed by atoms with Crippen LogP contribution in [0.4, 0.5) is 5.69 Å². The normalized spacial score (nSPS) is 21.7. The number of carbonyl (C=O) groups is 1. The maximum absolute atomic E-state index is 11.2. The molecule has 3 rings (SSSR count). The van der Waals surface area contributed by atoms with Crippen LogP contribution in [0, 0.1) is 5.41 Å². The molecule has 0 bridgehead atoms. The van der Waals surface area contributed by atoms with Crippen molar-refractivity contribution in [1.29, 1.82) is 0 Å². The van der Waals surface area contributed by atoms with Gasteiger partial charge in [-0.2, -0.15) is 0 Å². The van der Waals surface area contributed by atoms with Crippen molar-refractivity contribution < 1.29 is 4.79 Å². The highest BCUT2D eigenvalue weighted by Gasteiger charge is 2.40. The van der Waals surface area contributed by atoms with Gasteiger partial charge in [0.2, 0.25) is 0 Å². The lowest BCUT2D eigenvalue weighted by Crippen LogP contribution is -2.25. The third kappa shape index (κ3) is 1.93. The maximum atomic E-state index is 11.2. The van der Waals surface area contributed by atoms with Gasteiger partial charge in [0.05, 0.1) is 10.7 Å². The third-order valence-electron chi connectivity index (χ3n) is 4.56. The zero-order valence-electron chi connectivity index (χ0n) is 10.5. The van der Waals surface area contributed by atoms with Gasteiger partial charge in [-0.1, -0.05) is 30.5 Å². The first-order valence-electron chi connectivity index (χ1n) is 6.73. The maximum Gasteiger partial charge on any atom is 0.152 e. The predicted octanol–water partition coefficient (Wildman–Crippen LogP) is 3.92. The second-order valence-corrected chi connectivity index (χ2v) is 6.08. The minimum absolute atomic E-state index is 0.499. The van der Waals surface area contributed by atoms with Gasteiger partial charge in [-0.25, -0.2) is 0 Å². The van der Waals surface area contributed by atoms with Gasteiger partial charge in [0.1, 0.15) is 0 Å². The number of aldehydes is 1. The van der Waals surface area contributed by atoms with E-state index in [1.54, 1.807) is 0 Å². The lowest BCUT2D eigenvalue weighted by molar-refractivity contribution is 0.112. The average molecular weight is 264 g/mol. The van der Waals surface area contributed by atoms with Gasteiger partial charge in [0.15, 0.2) is 6.29 Å². The number of benzene rings is 1. The molecule has 2 nitrogen and oxygen atoms in total. The minimum Gasteiger partial charge on any atom is -0.369 e. The molecule has 0 amide bonds. The van der Waals surface area contributed by atoms with Crippen LogP contribution in [0.15, 0.2) is 18.2 Å². The fourth-order valence-corrected chi connectivity index (χ4v) is 3.92. The first kappa shape index (κ1) is 12.0. The quantitative estimate of drug-likeness (QED) is 0.754. The van der Waals surface area contributed by atoms with Gasteiger partial charge in [-0.3, -0.25) is 4.79 Å². The molecule has 0 radical (unpaired) electrons. The molecule has 3 heteroatoms. The van der Waals surface area contributed by atoms with E-state index in [0.717, 1.165) is 30.6 Å². The zero-order chi connectivity index (χ0) is 12.6. The first-order valence-corrected chi connectivity index (χ1v) is 7.11. The first-order chi connectivity index (χ1) is 8.74. The van der Waals surface area contributed by atoms with Gasteiger partial charge in [-0.15, -0.1) is 0 Å². The summed E-state index contributed by atoms with van der Waals surface area (Å²) in [6.45, 7) is 2.10. The van der Waals surface area contributed by atoms with E-state index >= 15 is 0 Å². The number of hydrogen-bond acceptors (Lipinski definition) is 2. The number of halogens is 1. The number of carbonyl (C=O) groups excluding carboxylic acids is 1. The molecule has 0 aromatic heterocycles. The van der Waals surface area contributed by atoms with E-state index in [0.29, 0.717) is 10.4 Å². The summed E-state index contributed by atoms with van der Waals surface area (Å²) in [5, 5.41) is 0.703. The Labute approximate surface area is 113 Å². The smallest absolute Gasteiger partial charge is 0.152 e. The molecule has 2 fully saturated rings. The number of anilines is 1. The van der Waals surface area contributed by atoms with Gasteiger partial charge >= 0.3 is 0 Å². The van der Waals surface area contributed by atoms with E-state index in [9.17, 15) is 4.79 Å². The van der Waals surface area contributed by atoms with Crippen molar-refractivity contribution >= 4 is 23.6 Å². The topological polar surface area (TPSA) is 20.3 Å². The number of nitrogens with zero attached hydrogens (tertiary/aromatic N) is 1. The Kier molecular flexibility index (Phi) is 3.06. The molecule has 1 aromatic carbocycles. The van der Waals surface area contributed by atoms with Crippen LogP contribution in [0.1, 0.15) is 42.5 Å². The lowest BCUT2D eigenvalue weighted by atomic mass is 9.86. The van der Waals surface area contributed by atoms with E-state index in [1.165, 1.54) is 32.1 Å². The fraction of sp³-hybridized carbons (Fsp3) is 0.533. The van der Waals surface area contributed by atoms with Crippen LogP contribution in [0.3, 0.4) is 0 Å². The van der Waals surface area contributed by atoms with Crippen LogP contribution in [0.2, 0.25) is 5.02 Å². The van der Waals surface area contributed by atoms with Crippen molar-refractivity contribution in [2.75, 3.05) is 18.0 Å². The number of para-hydroxylation sites is 1. The van der Waals surface area contributed by atoms with Crippen molar-refractivity contribution in [3.05, 3.63) is 28.8 Å². The molecule has 0 atom stereocenters. The predicted molar refractivity (Wildman–Crippen MR) is 74.6 cm³/mol. The molecule has 1 spiro atoms. The molecule has 1 aromatic rings. The molecule has 96 valence electrons.